The Bertz CT molecular complexity index is 1250. The van der Waals surface area contributed by atoms with Gasteiger partial charge in [0.2, 0.25) is 5.95 Å². The third-order valence-corrected chi connectivity index (χ3v) is 6.49. The zero-order valence-electron chi connectivity index (χ0n) is 17.4. The molecule has 0 atom stereocenters. The second kappa shape index (κ2) is 8.15. The summed E-state index contributed by atoms with van der Waals surface area (Å²) in [5.41, 5.74) is -0.439. The molecule has 1 fully saturated rings. The first-order valence-electron chi connectivity index (χ1n) is 9.94. The van der Waals surface area contributed by atoms with Crippen molar-refractivity contribution in [1.29, 1.82) is 0 Å². The Hall–Kier alpha value is -3.02. The Kier molecular flexibility index (Phi) is 5.65. The molecular weight excluding hydrogens is 447 g/mol. The van der Waals surface area contributed by atoms with Crippen molar-refractivity contribution < 1.29 is 26.3 Å². The quantitative estimate of drug-likeness (QED) is 0.488. The molecule has 4 rings (SSSR count). The third kappa shape index (κ3) is 4.45. The highest BCUT2D eigenvalue weighted by molar-refractivity contribution is 7.90. The molecule has 0 aliphatic heterocycles. The van der Waals surface area contributed by atoms with E-state index in [1.165, 1.54) is 25.3 Å². The van der Waals surface area contributed by atoms with Gasteiger partial charge in [0.05, 0.1) is 28.6 Å². The maximum absolute atomic E-state index is 13.5. The van der Waals surface area contributed by atoms with E-state index in [1.54, 1.807) is 0 Å². The lowest BCUT2D eigenvalue weighted by Gasteiger charge is -2.17. The number of H-pyrrole nitrogens is 1. The van der Waals surface area contributed by atoms with Gasteiger partial charge in [0, 0.05) is 24.6 Å². The number of hydrogen-bond acceptors (Lipinski definition) is 7. The summed E-state index contributed by atoms with van der Waals surface area (Å²) >= 11 is 0. The van der Waals surface area contributed by atoms with E-state index >= 15 is 0 Å². The fourth-order valence-corrected chi connectivity index (χ4v) is 4.44. The Morgan fingerprint density at radius 1 is 1.19 bits per heavy atom. The maximum Gasteiger partial charge on any atom is 0.418 e. The number of alkyl halides is 3. The van der Waals surface area contributed by atoms with Gasteiger partial charge in [-0.3, -0.25) is 0 Å². The second-order valence-electron chi connectivity index (χ2n) is 7.70. The van der Waals surface area contributed by atoms with Crippen LogP contribution in [0, 0.1) is 0 Å². The molecule has 1 aliphatic rings. The number of nitrogens with one attached hydrogen (secondary N) is 3. The number of hydrogen-bond donors (Lipinski definition) is 3. The molecule has 0 radical (unpaired) electrons. The van der Waals surface area contributed by atoms with E-state index in [1.807, 2.05) is 0 Å². The van der Waals surface area contributed by atoms with E-state index in [0.717, 1.165) is 38.1 Å². The van der Waals surface area contributed by atoms with E-state index in [2.05, 4.69) is 25.6 Å². The molecule has 3 aromatic rings. The first kappa shape index (κ1) is 22.2. The Morgan fingerprint density at radius 3 is 2.53 bits per heavy atom. The topological polar surface area (TPSA) is 109 Å². The maximum atomic E-state index is 13.5. The molecule has 8 nitrogen and oxygen atoms in total. The molecular formula is C20H22F3N5O3S. The van der Waals surface area contributed by atoms with Crippen LogP contribution in [0.3, 0.4) is 0 Å². The minimum atomic E-state index is -4.56. The van der Waals surface area contributed by atoms with Crippen molar-refractivity contribution in [2.24, 2.45) is 0 Å². The average molecular weight is 469 g/mol. The number of fused-ring (bicyclic) bond motifs is 1. The van der Waals surface area contributed by atoms with Crippen LogP contribution in [-0.2, 0) is 16.0 Å². The summed E-state index contributed by atoms with van der Waals surface area (Å²) < 4.78 is 69.5. The number of sulfone groups is 1. The molecule has 32 heavy (non-hydrogen) atoms. The van der Waals surface area contributed by atoms with Crippen LogP contribution < -0.4 is 15.4 Å². The molecule has 3 N–H and O–H groups in total. The molecule has 0 unspecified atom stereocenters. The van der Waals surface area contributed by atoms with E-state index in [9.17, 15) is 21.6 Å². The van der Waals surface area contributed by atoms with E-state index in [4.69, 9.17) is 4.74 Å². The van der Waals surface area contributed by atoms with Crippen molar-refractivity contribution in [3.8, 4) is 5.75 Å². The van der Waals surface area contributed by atoms with Gasteiger partial charge < -0.3 is 20.4 Å². The predicted octanol–water partition coefficient (Wildman–Crippen LogP) is 4.49. The number of nitrogens with zero attached hydrogens (tertiary/aromatic N) is 2. The van der Waals surface area contributed by atoms with Gasteiger partial charge in [0.25, 0.3) is 0 Å². The number of ether oxygens (including phenoxy) is 1. The molecule has 1 aliphatic carbocycles. The average Bonchev–Trinajstić information content (AvgIpc) is 3.37. The Labute approximate surface area is 182 Å². The number of aromatic nitrogens is 3. The van der Waals surface area contributed by atoms with Gasteiger partial charge in [-0.2, -0.15) is 23.1 Å². The summed E-state index contributed by atoms with van der Waals surface area (Å²) in [7, 11) is -2.07. The van der Waals surface area contributed by atoms with Crippen molar-refractivity contribution in [3.05, 3.63) is 30.0 Å². The van der Waals surface area contributed by atoms with Gasteiger partial charge in [0.15, 0.2) is 9.84 Å². The van der Waals surface area contributed by atoms with E-state index in [0.29, 0.717) is 5.69 Å². The second-order valence-corrected chi connectivity index (χ2v) is 9.72. The lowest BCUT2D eigenvalue weighted by molar-refractivity contribution is -0.136. The van der Waals surface area contributed by atoms with Crippen molar-refractivity contribution in [2.45, 2.75) is 42.8 Å². The standard InChI is InChI=1S/C20H22F3N5O3S/c1-31-15-9-12(32(2,29)30)7-8-14(15)26-19-27-17-16(13(10-24-17)20(21,22)23)18(28-19)25-11-5-3-4-6-11/h7-11H,3-6H2,1-2H3,(H3,24,25,26,27,28). The van der Waals surface area contributed by atoms with Crippen LogP contribution in [0.1, 0.15) is 31.2 Å². The molecule has 2 heterocycles. The number of halogens is 3. The minimum absolute atomic E-state index is 0.0283. The smallest absolute Gasteiger partial charge is 0.418 e. The molecule has 0 saturated heterocycles. The molecule has 2 aromatic heterocycles. The summed E-state index contributed by atoms with van der Waals surface area (Å²) in [5, 5.41) is 5.95. The SMILES string of the molecule is COc1cc(S(C)(=O)=O)ccc1Nc1nc(NC2CCCC2)c2c(C(F)(F)F)c[nH]c2n1. The zero-order chi connectivity index (χ0) is 23.1. The fraction of sp³-hybridized carbons (Fsp3) is 0.400. The van der Waals surface area contributed by atoms with Gasteiger partial charge in [-0.15, -0.1) is 0 Å². The molecule has 1 saturated carbocycles. The van der Waals surface area contributed by atoms with E-state index < -0.39 is 21.6 Å². The van der Waals surface area contributed by atoms with Crippen LogP contribution in [0.25, 0.3) is 11.0 Å². The molecule has 0 bridgehead atoms. The molecule has 0 spiro atoms. The lowest BCUT2D eigenvalue weighted by atomic mass is 10.2. The largest absolute Gasteiger partial charge is 0.495 e. The van der Waals surface area contributed by atoms with Gasteiger partial charge in [0.1, 0.15) is 17.2 Å². The normalized spacial score (nSPS) is 15.3. The molecule has 12 heteroatoms. The highest BCUT2D eigenvalue weighted by Crippen LogP contribution is 2.39. The van der Waals surface area contributed by atoms with Gasteiger partial charge >= 0.3 is 6.18 Å². The van der Waals surface area contributed by atoms with Crippen LogP contribution >= 0.6 is 0 Å². The Morgan fingerprint density at radius 2 is 1.91 bits per heavy atom. The molecule has 1 aromatic carbocycles. The fourth-order valence-electron chi connectivity index (χ4n) is 3.81. The predicted molar refractivity (Wildman–Crippen MR) is 114 cm³/mol. The number of methoxy groups -OCH3 is 1. The van der Waals surface area contributed by atoms with Crippen LogP contribution in [0.2, 0.25) is 0 Å². The highest BCUT2D eigenvalue weighted by atomic mass is 32.2. The number of benzene rings is 1. The third-order valence-electron chi connectivity index (χ3n) is 5.38. The van der Waals surface area contributed by atoms with Gasteiger partial charge in [-0.1, -0.05) is 12.8 Å². The summed E-state index contributed by atoms with van der Waals surface area (Å²) in [4.78, 5) is 11.2. The lowest BCUT2D eigenvalue weighted by Crippen LogP contribution is -2.17. The van der Waals surface area contributed by atoms with Gasteiger partial charge in [-0.25, -0.2) is 8.42 Å². The molecule has 172 valence electrons. The van der Waals surface area contributed by atoms with Gasteiger partial charge in [-0.05, 0) is 25.0 Å². The first-order valence-corrected chi connectivity index (χ1v) is 11.8. The Balaban J connectivity index is 1.77. The minimum Gasteiger partial charge on any atom is -0.495 e. The van der Waals surface area contributed by atoms with Crippen molar-refractivity contribution in [1.82, 2.24) is 15.0 Å². The first-order chi connectivity index (χ1) is 15.1. The monoisotopic (exact) mass is 469 g/mol. The summed E-state index contributed by atoms with van der Waals surface area (Å²) in [6.07, 6.45) is 1.09. The summed E-state index contributed by atoms with van der Waals surface area (Å²) in [6.45, 7) is 0. The van der Waals surface area contributed by atoms with Crippen LogP contribution in [0.4, 0.5) is 30.6 Å². The highest BCUT2D eigenvalue weighted by Gasteiger charge is 2.36. The van der Waals surface area contributed by atoms with Crippen LogP contribution in [0.15, 0.2) is 29.3 Å². The van der Waals surface area contributed by atoms with Crippen LogP contribution in [0.5, 0.6) is 5.75 Å². The summed E-state index contributed by atoms with van der Waals surface area (Å²) in [5.74, 6) is 0.355. The number of rotatable bonds is 6. The zero-order valence-corrected chi connectivity index (χ0v) is 18.2. The number of aromatic amines is 1. The number of anilines is 3. The van der Waals surface area contributed by atoms with Crippen molar-refractivity contribution in [3.63, 3.8) is 0 Å². The molecule has 0 amide bonds. The van der Waals surface area contributed by atoms with Crippen molar-refractivity contribution >= 4 is 38.3 Å². The van der Waals surface area contributed by atoms with E-state index in [-0.39, 0.29) is 39.5 Å². The van der Waals surface area contributed by atoms with Crippen LogP contribution in [-0.4, -0.2) is 42.8 Å². The summed E-state index contributed by atoms with van der Waals surface area (Å²) in [6, 6.07) is 4.26. The van der Waals surface area contributed by atoms with Crippen molar-refractivity contribution in [2.75, 3.05) is 24.0 Å².